The summed E-state index contributed by atoms with van der Waals surface area (Å²) in [5.41, 5.74) is 1.99. The van der Waals surface area contributed by atoms with Crippen molar-refractivity contribution in [1.82, 2.24) is 24.7 Å². The molecule has 3 aromatic rings. The molecule has 0 radical (unpaired) electrons. The molecule has 0 bridgehead atoms. The van der Waals surface area contributed by atoms with E-state index < -0.39 is 17.6 Å². The first-order chi connectivity index (χ1) is 16.3. The second kappa shape index (κ2) is 8.33. The van der Waals surface area contributed by atoms with Gasteiger partial charge in [-0.1, -0.05) is 29.8 Å². The zero-order valence-electron chi connectivity index (χ0n) is 17.9. The summed E-state index contributed by atoms with van der Waals surface area (Å²) in [6, 6.07) is 15.3. The Hall–Kier alpha value is -4.14. The van der Waals surface area contributed by atoms with Crippen LogP contribution in [0.1, 0.15) is 16.8 Å². The number of aryl methyl sites for hydroxylation is 1. The van der Waals surface area contributed by atoms with Crippen LogP contribution in [0.5, 0.6) is 0 Å². The number of rotatable bonds is 4. The Morgan fingerprint density at radius 3 is 2.35 bits per heavy atom. The van der Waals surface area contributed by atoms with Gasteiger partial charge >= 0.3 is 6.18 Å². The lowest BCUT2D eigenvalue weighted by Gasteiger charge is -2.13. The third-order valence-corrected chi connectivity index (χ3v) is 5.36. The van der Waals surface area contributed by atoms with Crippen LogP contribution in [0.25, 0.3) is 34.0 Å². The van der Waals surface area contributed by atoms with Crippen molar-refractivity contribution in [3.8, 4) is 34.0 Å². The summed E-state index contributed by atoms with van der Waals surface area (Å²) in [4.78, 5) is 8.81. The predicted octanol–water partition coefficient (Wildman–Crippen LogP) is 6.02. The quantitative estimate of drug-likeness (QED) is 0.306. The number of alkyl halides is 3. The molecule has 0 fully saturated rings. The zero-order valence-corrected chi connectivity index (χ0v) is 17.9. The number of benzene rings is 2. The molecule has 2 aromatic carbocycles. The maximum atomic E-state index is 14.1. The van der Waals surface area contributed by atoms with E-state index in [1.165, 1.54) is 18.2 Å². The van der Waals surface area contributed by atoms with Gasteiger partial charge in [-0.15, -0.1) is 0 Å². The molecule has 3 heterocycles. The van der Waals surface area contributed by atoms with Gasteiger partial charge in [-0.2, -0.15) is 23.4 Å². The molecule has 0 saturated heterocycles. The summed E-state index contributed by atoms with van der Waals surface area (Å²) < 4.78 is 56.2. The molecule has 34 heavy (non-hydrogen) atoms. The minimum atomic E-state index is -4.49. The summed E-state index contributed by atoms with van der Waals surface area (Å²) in [6.07, 6.45) is -0.960. The van der Waals surface area contributed by atoms with Crippen LogP contribution in [-0.4, -0.2) is 24.7 Å². The van der Waals surface area contributed by atoms with E-state index in [4.69, 9.17) is 0 Å². The zero-order chi connectivity index (χ0) is 23.9. The van der Waals surface area contributed by atoms with Crippen LogP contribution in [0.4, 0.5) is 17.6 Å². The molecule has 2 aliphatic heterocycles. The van der Waals surface area contributed by atoms with Gasteiger partial charge in [0, 0.05) is 18.0 Å². The van der Waals surface area contributed by atoms with Gasteiger partial charge < -0.3 is 4.57 Å². The number of nitrogens with zero attached hydrogens (tertiary/aromatic N) is 5. The Labute approximate surface area is 192 Å². The van der Waals surface area contributed by atoms with E-state index in [2.05, 4.69) is 20.2 Å². The van der Waals surface area contributed by atoms with Crippen LogP contribution in [0.3, 0.4) is 0 Å². The van der Waals surface area contributed by atoms with Gasteiger partial charge in [0.25, 0.3) is 0 Å². The molecule has 2 aliphatic rings. The minimum absolute atomic E-state index is 0.0149. The van der Waals surface area contributed by atoms with Gasteiger partial charge in [0.1, 0.15) is 11.5 Å². The largest absolute Gasteiger partial charge is 0.417 e. The molecule has 5 rings (SSSR count). The molecule has 0 unspecified atom stereocenters. The lowest BCUT2D eigenvalue weighted by Crippen LogP contribution is -2.09. The van der Waals surface area contributed by atoms with Crippen molar-refractivity contribution < 1.29 is 17.6 Å². The molecule has 0 atom stereocenters. The fraction of sp³-hybridized carbons (Fsp3) is 0.120. The van der Waals surface area contributed by atoms with E-state index in [9.17, 15) is 17.6 Å². The fourth-order valence-corrected chi connectivity index (χ4v) is 3.70. The van der Waals surface area contributed by atoms with Crippen molar-refractivity contribution in [3.05, 3.63) is 95.7 Å². The van der Waals surface area contributed by atoms with Gasteiger partial charge in [0.2, 0.25) is 0 Å². The SMILES string of the molecule is Cc1ccc(-c2ccc(Cn3ccc4nc(-c5ccccc5F)nc-4c3)nn2)c(C(F)(F)F)c1. The van der Waals surface area contributed by atoms with Crippen LogP contribution >= 0.6 is 0 Å². The molecule has 0 aliphatic carbocycles. The van der Waals surface area contributed by atoms with Crippen molar-refractivity contribution in [3.63, 3.8) is 0 Å². The Morgan fingerprint density at radius 1 is 0.824 bits per heavy atom. The van der Waals surface area contributed by atoms with E-state index in [-0.39, 0.29) is 11.3 Å². The lowest BCUT2D eigenvalue weighted by atomic mass is 10.0. The van der Waals surface area contributed by atoms with Gasteiger partial charge in [-0.25, -0.2) is 14.4 Å². The second-order valence-corrected chi connectivity index (χ2v) is 7.87. The molecule has 0 amide bonds. The van der Waals surface area contributed by atoms with Crippen LogP contribution in [0, 0.1) is 12.7 Å². The Kier molecular flexibility index (Phi) is 5.31. The van der Waals surface area contributed by atoms with Crippen molar-refractivity contribution in [2.24, 2.45) is 0 Å². The smallest absolute Gasteiger partial charge is 0.346 e. The number of hydrogen-bond donors (Lipinski definition) is 0. The van der Waals surface area contributed by atoms with Crippen molar-refractivity contribution in [1.29, 1.82) is 0 Å². The molecule has 9 heteroatoms. The van der Waals surface area contributed by atoms with Gasteiger partial charge in [-0.05, 0) is 43.3 Å². The Bertz CT molecular complexity index is 1440. The number of fused-ring (bicyclic) bond motifs is 1. The number of halogens is 4. The molecular formula is C25H17F4N5. The average molecular weight is 463 g/mol. The maximum absolute atomic E-state index is 14.1. The van der Waals surface area contributed by atoms with E-state index >= 15 is 0 Å². The average Bonchev–Trinajstić information content (AvgIpc) is 3.22. The molecule has 1 aromatic heterocycles. The number of hydrogen-bond acceptors (Lipinski definition) is 4. The summed E-state index contributed by atoms with van der Waals surface area (Å²) in [5, 5.41) is 8.15. The predicted molar refractivity (Wildman–Crippen MR) is 118 cm³/mol. The number of imidazole rings is 1. The van der Waals surface area contributed by atoms with Gasteiger partial charge in [0.15, 0.2) is 5.82 Å². The molecule has 0 N–H and O–H groups in total. The summed E-state index contributed by atoms with van der Waals surface area (Å²) in [6.45, 7) is 1.93. The van der Waals surface area contributed by atoms with Crippen LogP contribution in [0.15, 0.2) is 73.1 Å². The first-order valence-corrected chi connectivity index (χ1v) is 10.4. The highest BCUT2D eigenvalue weighted by Crippen LogP contribution is 2.37. The fourth-order valence-electron chi connectivity index (χ4n) is 3.70. The normalized spacial score (nSPS) is 11.8. The van der Waals surface area contributed by atoms with Crippen LogP contribution in [0.2, 0.25) is 0 Å². The molecule has 5 nitrogen and oxygen atoms in total. The van der Waals surface area contributed by atoms with E-state index in [0.29, 0.717) is 40.6 Å². The maximum Gasteiger partial charge on any atom is 0.417 e. The van der Waals surface area contributed by atoms with Crippen LogP contribution in [-0.2, 0) is 12.7 Å². The summed E-state index contributed by atoms with van der Waals surface area (Å²) in [5.74, 6) is -0.100. The Morgan fingerprint density at radius 2 is 1.62 bits per heavy atom. The number of aromatic nitrogens is 5. The third kappa shape index (κ3) is 4.24. The first kappa shape index (κ1) is 21.7. The summed E-state index contributed by atoms with van der Waals surface area (Å²) in [7, 11) is 0. The lowest BCUT2D eigenvalue weighted by molar-refractivity contribution is -0.137. The standard InChI is InChI=1S/C25H17F4N5/c1-15-6-8-17(19(12-15)25(27,28)29)21-9-7-16(32-33-21)13-34-11-10-22-23(14-34)31-24(30-22)18-4-2-3-5-20(18)26/h2-12,14H,13H2,1H3. The molecule has 0 spiro atoms. The topological polar surface area (TPSA) is 56.5 Å². The van der Waals surface area contributed by atoms with Crippen molar-refractivity contribution in [2.75, 3.05) is 0 Å². The highest BCUT2D eigenvalue weighted by molar-refractivity contribution is 5.66. The minimum Gasteiger partial charge on any atom is -0.346 e. The van der Waals surface area contributed by atoms with Gasteiger partial charge in [0.05, 0.1) is 34.8 Å². The summed E-state index contributed by atoms with van der Waals surface area (Å²) >= 11 is 0. The highest BCUT2D eigenvalue weighted by Gasteiger charge is 2.34. The molecular weight excluding hydrogens is 446 g/mol. The highest BCUT2D eigenvalue weighted by atomic mass is 19.4. The van der Waals surface area contributed by atoms with Crippen molar-refractivity contribution >= 4 is 0 Å². The van der Waals surface area contributed by atoms with Crippen LogP contribution < -0.4 is 0 Å². The van der Waals surface area contributed by atoms with E-state index in [1.807, 2.05) is 0 Å². The molecule has 170 valence electrons. The first-order valence-electron chi connectivity index (χ1n) is 10.4. The molecule has 0 saturated carbocycles. The third-order valence-electron chi connectivity index (χ3n) is 5.36. The van der Waals surface area contributed by atoms with Gasteiger partial charge in [-0.3, -0.25) is 0 Å². The van der Waals surface area contributed by atoms with E-state index in [0.717, 1.165) is 6.07 Å². The number of pyridine rings is 1. The monoisotopic (exact) mass is 463 g/mol. The Balaban J connectivity index is 1.40. The van der Waals surface area contributed by atoms with E-state index in [1.54, 1.807) is 60.3 Å². The van der Waals surface area contributed by atoms with Crippen molar-refractivity contribution in [2.45, 2.75) is 19.6 Å². The second-order valence-electron chi connectivity index (χ2n) is 7.87.